The molecule has 0 spiro atoms. The molecule has 1 amide bonds. The number of non-ortho nitro benzene ring substituents is 1. The summed E-state index contributed by atoms with van der Waals surface area (Å²) in [5.41, 5.74) is -1.67. The lowest BCUT2D eigenvalue weighted by Crippen LogP contribution is -2.14. The number of halogens is 1. The van der Waals surface area contributed by atoms with Crippen LogP contribution in [0, 0.1) is 37.4 Å². The minimum atomic E-state index is -1.00. The van der Waals surface area contributed by atoms with Crippen LogP contribution in [0.1, 0.15) is 15.9 Å². The first kappa shape index (κ1) is 24.2. The molecule has 12 heteroatoms. The quantitative estimate of drug-likeness (QED) is 0.131. The number of hydrogen-bond donors (Lipinski definition) is 1. The molecule has 0 saturated carbocycles. The van der Waals surface area contributed by atoms with Crippen LogP contribution < -0.4 is 10.1 Å². The highest BCUT2D eigenvalue weighted by molar-refractivity contribution is 6.09. The summed E-state index contributed by atoms with van der Waals surface area (Å²) in [6.07, 6.45) is 1.16. The van der Waals surface area contributed by atoms with E-state index in [-0.39, 0.29) is 11.3 Å². The number of esters is 1. The Labute approximate surface area is 196 Å². The van der Waals surface area contributed by atoms with E-state index in [0.29, 0.717) is 5.56 Å². The highest BCUT2D eigenvalue weighted by Crippen LogP contribution is 2.23. The van der Waals surface area contributed by atoms with Crippen molar-refractivity contribution < 1.29 is 28.6 Å². The number of ether oxygens (including phenoxy) is 1. The van der Waals surface area contributed by atoms with E-state index in [0.717, 1.165) is 24.3 Å². The van der Waals surface area contributed by atoms with Gasteiger partial charge in [-0.1, -0.05) is 24.3 Å². The minimum absolute atomic E-state index is 0.0481. The van der Waals surface area contributed by atoms with Crippen molar-refractivity contribution in [1.29, 1.82) is 5.26 Å². The lowest BCUT2D eigenvalue weighted by molar-refractivity contribution is -0.385. The SMILES string of the molecule is N#C/C(=C\c1ccc(OC(=O)c2ccccc2[N+](=O)[O-])cc1)C(=O)Nc1cc([N+](=O)[O-])ccc1F. The average Bonchev–Trinajstić information content (AvgIpc) is 2.84. The number of anilines is 1. The molecule has 0 unspecified atom stereocenters. The topological polar surface area (TPSA) is 165 Å². The van der Waals surface area contributed by atoms with E-state index in [1.54, 1.807) is 6.07 Å². The number of nitrogens with zero attached hydrogens (tertiary/aromatic N) is 3. The van der Waals surface area contributed by atoms with Crippen LogP contribution in [0.5, 0.6) is 5.75 Å². The second-order valence-corrected chi connectivity index (χ2v) is 6.78. The number of carbonyl (C=O) groups is 2. The van der Waals surface area contributed by atoms with Crippen LogP contribution in [0.2, 0.25) is 0 Å². The van der Waals surface area contributed by atoms with Gasteiger partial charge in [-0.05, 0) is 35.9 Å². The van der Waals surface area contributed by atoms with Gasteiger partial charge in [0.05, 0.1) is 15.5 Å². The molecule has 0 aromatic heterocycles. The number of para-hydroxylation sites is 1. The van der Waals surface area contributed by atoms with E-state index in [2.05, 4.69) is 5.32 Å². The smallest absolute Gasteiger partial charge is 0.350 e. The second kappa shape index (κ2) is 10.5. The summed E-state index contributed by atoms with van der Waals surface area (Å²) < 4.78 is 19.1. The van der Waals surface area contributed by atoms with E-state index in [4.69, 9.17) is 4.74 Å². The largest absolute Gasteiger partial charge is 0.423 e. The van der Waals surface area contributed by atoms with Gasteiger partial charge < -0.3 is 10.1 Å². The van der Waals surface area contributed by atoms with Crippen LogP contribution in [0.25, 0.3) is 6.08 Å². The molecule has 1 N–H and O–H groups in total. The van der Waals surface area contributed by atoms with Gasteiger partial charge in [0.25, 0.3) is 17.3 Å². The Balaban J connectivity index is 1.75. The van der Waals surface area contributed by atoms with E-state index < -0.39 is 50.2 Å². The Hall–Kier alpha value is -5.44. The van der Waals surface area contributed by atoms with Gasteiger partial charge in [-0.25, -0.2) is 9.18 Å². The van der Waals surface area contributed by atoms with E-state index >= 15 is 0 Å². The fourth-order valence-electron chi connectivity index (χ4n) is 2.83. The predicted molar refractivity (Wildman–Crippen MR) is 120 cm³/mol. The summed E-state index contributed by atoms with van der Waals surface area (Å²) in [7, 11) is 0. The van der Waals surface area contributed by atoms with E-state index in [9.17, 15) is 39.5 Å². The van der Waals surface area contributed by atoms with Crippen LogP contribution in [-0.4, -0.2) is 21.7 Å². The molecule has 11 nitrogen and oxygen atoms in total. The number of nitrogens with one attached hydrogen (secondary N) is 1. The third-order valence-corrected chi connectivity index (χ3v) is 4.50. The molecular formula is C23H13FN4O7. The zero-order chi connectivity index (χ0) is 25.5. The average molecular weight is 476 g/mol. The molecule has 0 aliphatic carbocycles. The normalized spacial score (nSPS) is 10.7. The van der Waals surface area contributed by atoms with Gasteiger partial charge in [-0.3, -0.25) is 25.0 Å². The Kier molecular flexibility index (Phi) is 7.23. The van der Waals surface area contributed by atoms with Gasteiger partial charge in [0.2, 0.25) is 0 Å². The molecule has 0 heterocycles. The highest BCUT2D eigenvalue weighted by atomic mass is 19.1. The van der Waals surface area contributed by atoms with Crippen LogP contribution in [0.3, 0.4) is 0 Å². The zero-order valence-corrected chi connectivity index (χ0v) is 17.5. The Morgan fingerprint density at radius 2 is 1.69 bits per heavy atom. The number of nitriles is 1. The van der Waals surface area contributed by atoms with Gasteiger partial charge in [-0.2, -0.15) is 5.26 Å². The van der Waals surface area contributed by atoms with Crippen molar-refractivity contribution in [2.24, 2.45) is 0 Å². The van der Waals surface area contributed by atoms with Gasteiger partial charge >= 0.3 is 5.97 Å². The highest BCUT2D eigenvalue weighted by Gasteiger charge is 2.21. The Morgan fingerprint density at radius 3 is 2.31 bits per heavy atom. The van der Waals surface area contributed by atoms with Crippen LogP contribution >= 0.6 is 0 Å². The first-order chi connectivity index (χ1) is 16.7. The number of hydrogen-bond acceptors (Lipinski definition) is 8. The third-order valence-electron chi connectivity index (χ3n) is 4.50. The van der Waals surface area contributed by atoms with Gasteiger partial charge in [-0.15, -0.1) is 0 Å². The fourth-order valence-corrected chi connectivity index (χ4v) is 2.83. The van der Waals surface area contributed by atoms with E-state index in [1.165, 1.54) is 48.5 Å². The minimum Gasteiger partial charge on any atom is -0.423 e. The third kappa shape index (κ3) is 5.88. The van der Waals surface area contributed by atoms with Crippen LogP contribution in [0.15, 0.2) is 72.3 Å². The fraction of sp³-hybridized carbons (Fsp3) is 0. The number of amides is 1. The number of nitro benzene ring substituents is 2. The van der Waals surface area contributed by atoms with Crippen molar-refractivity contribution in [2.45, 2.75) is 0 Å². The molecular weight excluding hydrogens is 463 g/mol. The van der Waals surface area contributed by atoms with Crippen molar-refractivity contribution >= 4 is 35.0 Å². The van der Waals surface area contributed by atoms with Crippen LogP contribution in [-0.2, 0) is 4.79 Å². The molecule has 3 rings (SSSR count). The van der Waals surface area contributed by atoms with Crippen molar-refractivity contribution in [3.63, 3.8) is 0 Å². The molecule has 0 aliphatic heterocycles. The monoisotopic (exact) mass is 476 g/mol. The number of rotatable bonds is 7. The Morgan fingerprint density at radius 1 is 1.00 bits per heavy atom. The molecule has 3 aromatic rings. The molecule has 0 aliphatic rings. The van der Waals surface area contributed by atoms with Crippen molar-refractivity contribution in [3.05, 3.63) is 109 Å². The maximum atomic E-state index is 13.9. The van der Waals surface area contributed by atoms with E-state index in [1.807, 2.05) is 0 Å². The number of nitro groups is 2. The summed E-state index contributed by atoms with van der Waals surface area (Å²) in [4.78, 5) is 45.1. The molecule has 0 fully saturated rings. The number of benzene rings is 3. The molecule has 174 valence electrons. The van der Waals surface area contributed by atoms with Crippen molar-refractivity contribution in [1.82, 2.24) is 0 Å². The summed E-state index contributed by atoms with van der Waals surface area (Å²) >= 11 is 0. The van der Waals surface area contributed by atoms with Gasteiger partial charge in [0.15, 0.2) is 0 Å². The van der Waals surface area contributed by atoms with Crippen LogP contribution in [0.4, 0.5) is 21.5 Å². The zero-order valence-electron chi connectivity index (χ0n) is 17.5. The summed E-state index contributed by atoms with van der Waals surface area (Å²) in [6, 6.07) is 15.0. The first-order valence-corrected chi connectivity index (χ1v) is 9.62. The molecule has 0 bridgehead atoms. The van der Waals surface area contributed by atoms with Gasteiger partial charge in [0, 0.05) is 18.2 Å². The number of carbonyl (C=O) groups excluding carboxylic acids is 2. The maximum Gasteiger partial charge on any atom is 0.350 e. The standard InChI is InChI=1S/C23H13FN4O7/c24-19-10-7-16(27(31)32)12-20(19)26-22(29)15(13-25)11-14-5-8-17(9-6-14)35-23(30)18-3-1-2-4-21(18)28(33)34/h1-12H,(H,26,29)/b15-11+. The molecule has 0 saturated heterocycles. The first-order valence-electron chi connectivity index (χ1n) is 9.62. The molecule has 0 radical (unpaired) electrons. The summed E-state index contributed by atoms with van der Waals surface area (Å²) in [5, 5.41) is 33.3. The predicted octanol–water partition coefficient (Wildman–Crippen LogP) is 4.41. The lowest BCUT2D eigenvalue weighted by Gasteiger charge is -2.07. The maximum absolute atomic E-state index is 13.9. The lowest BCUT2D eigenvalue weighted by atomic mass is 10.1. The van der Waals surface area contributed by atoms with Crippen molar-refractivity contribution in [3.8, 4) is 11.8 Å². The molecule has 3 aromatic carbocycles. The molecule has 35 heavy (non-hydrogen) atoms. The Bertz CT molecular complexity index is 1410. The van der Waals surface area contributed by atoms with Crippen molar-refractivity contribution in [2.75, 3.05) is 5.32 Å². The summed E-state index contributed by atoms with van der Waals surface area (Å²) in [5.74, 6) is -2.83. The molecule has 0 atom stereocenters. The second-order valence-electron chi connectivity index (χ2n) is 6.78. The summed E-state index contributed by atoms with van der Waals surface area (Å²) in [6.45, 7) is 0. The van der Waals surface area contributed by atoms with Gasteiger partial charge in [0.1, 0.15) is 28.8 Å².